The predicted molar refractivity (Wildman–Crippen MR) is 77.2 cm³/mol. The summed E-state index contributed by atoms with van der Waals surface area (Å²) >= 11 is 0. The van der Waals surface area contributed by atoms with Gasteiger partial charge in [-0.3, -0.25) is 4.79 Å². The van der Waals surface area contributed by atoms with Crippen LogP contribution in [0.1, 0.15) is 15.9 Å². The van der Waals surface area contributed by atoms with Crippen molar-refractivity contribution in [3.63, 3.8) is 0 Å². The molecule has 0 atom stereocenters. The van der Waals surface area contributed by atoms with Crippen LogP contribution >= 0.6 is 0 Å². The van der Waals surface area contributed by atoms with Crippen LogP contribution in [0.5, 0.6) is 5.75 Å². The number of hydrogen-bond donors (Lipinski definition) is 1. The van der Waals surface area contributed by atoms with Gasteiger partial charge in [0.2, 0.25) is 0 Å². The van der Waals surface area contributed by atoms with E-state index < -0.39 is 0 Å². The van der Waals surface area contributed by atoms with Crippen molar-refractivity contribution >= 4 is 17.5 Å². The number of hydrogen-bond acceptors (Lipinski definition) is 3. The lowest BCUT2D eigenvalue weighted by Crippen LogP contribution is -1.98. The molecule has 2 aromatic carbocycles. The van der Waals surface area contributed by atoms with Crippen molar-refractivity contribution in [3.8, 4) is 5.75 Å². The average molecular weight is 253 g/mol. The molecule has 0 aliphatic rings. The number of nitrogens with two attached hydrogens (primary N) is 1. The first kappa shape index (κ1) is 12.9. The van der Waals surface area contributed by atoms with Gasteiger partial charge in [-0.15, -0.1) is 0 Å². The Bertz CT molecular complexity index is 603. The molecule has 3 nitrogen and oxygen atoms in total. The first-order valence-electron chi connectivity index (χ1n) is 5.91. The number of methoxy groups -OCH3 is 1. The van der Waals surface area contributed by atoms with E-state index in [2.05, 4.69) is 0 Å². The van der Waals surface area contributed by atoms with Crippen molar-refractivity contribution < 1.29 is 9.53 Å². The molecule has 0 saturated heterocycles. The van der Waals surface area contributed by atoms with Crippen molar-refractivity contribution in [1.82, 2.24) is 0 Å². The minimum absolute atomic E-state index is 0.0850. The van der Waals surface area contributed by atoms with E-state index in [1.807, 2.05) is 30.3 Å². The maximum absolute atomic E-state index is 12.0. The number of anilines is 1. The normalized spacial score (nSPS) is 10.6. The van der Waals surface area contributed by atoms with Crippen LogP contribution < -0.4 is 10.5 Å². The Kier molecular flexibility index (Phi) is 3.98. The number of carbonyl (C=O) groups is 1. The molecule has 0 aliphatic heterocycles. The van der Waals surface area contributed by atoms with Gasteiger partial charge in [0.15, 0.2) is 5.78 Å². The summed E-state index contributed by atoms with van der Waals surface area (Å²) in [6.07, 6.45) is 3.32. The van der Waals surface area contributed by atoms with Gasteiger partial charge < -0.3 is 10.5 Å². The Morgan fingerprint density at radius 3 is 2.53 bits per heavy atom. The molecule has 3 heteroatoms. The lowest BCUT2D eigenvalue weighted by Gasteiger charge is -2.05. The summed E-state index contributed by atoms with van der Waals surface area (Å²) in [7, 11) is 1.54. The third kappa shape index (κ3) is 3.22. The van der Waals surface area contributed by atoms with Crippen LogP contribution in [0.15, 0.2) is 54.6 Å². The van der Waals surface area contributed by atoms with Crippen molar-refractivity contribution in [2.75, 3.05) is 12.8 Å². The standard InChI is InChI=1S/C16H15NO2/c1-19-16-10-8-13(11-14(16)17)15(18)9-7-12-5-3-2-4-6-12/h2-11H,17H2,1H3/b9-7+. The first-order chi connectivity index (χ1) is 9.20. The summed E-state index contributed by atoms with van der Waals surface area (Å²) < 4.78 is 5.05. The van der Waals surface area contributed by atoms with E-state index in [0.29, 0.717) is 17.0 Å². The van der Waals surface area contributed by atoms with Crippen LogP contribution in [0.2, 0.25) is 0 Å². The summed E-state index contributed by atoms with van der Waals surface area (Å²) in [6.45, 7) is 0. The quantitative estimate of drug-likeness (QED) is 0.517. The van der Waals surface area contributed by atoms with Crippen molar-refractivity contribution in [2.45, 2.75) is 0 Å². The highest BCUT2D eigenvalue weighted by atomic mass is 16.5. The fourth-order valence-electron chi connectivity index (χ4n) is 1.72. The zero-order valence-electron chi connectivity index (χ0n) is 10.7. The fraction of sp³-hybridized carbons (Fsp3) is 0.0625. The molecular weight excluding hydrogens is 238 g/mol. The zero-order chi connectivity index (χ0) is 13.7. The van der Waals surface area contributed by atoms with Gasteiger partial charge in [-0.2, -0.15) is 0 Å². The number of benzene rings is 2. The van der Waals surface area contributed by atoms with E-state index in [9.17, 15) is 4.79 Å². The number of ether oxygens (including phenoxy) is 1. The Morgan fingerprint density at radius 1 is 1.16 bits per heavy atom. The smallest absolute Gasteiger partial charge is 0.185 e. The topological polar surface area (TPSA) is 52.3 Å². The van der Waals surface area contributed by atoms with Crippen molar-refractivity contribution in [2.24, 2.45) is 0 Å². The summed E-state index contributed by atoms with van der Waals surface area (Å²) in [6, 6.07) is 14.7. The monoisotopic (exact) mass is 253 g/mol. The molecule has 0 aliphatic carbocycles. The predicted octanol–water partition coefficient (Wildman–Crippen LogP) is 3.17. The lowest BCUT2D eigenvalue weighted by atomic mass is 10.1. The molecule has 96 valence electrons. The molecule has 0 bridgehead atoms. The van der Waals surface area contributed by atoms with Crippen LogP contribution in [0.25, 0.3) is 6.08 Å². The number of ketones is 1. The zero-order valence-corrected chi connectivity index (χ0v) is 10.7. The second-order valence-electron chi connectivity index (χ2n) is 4.06. The number of carbonyl (C=O) groups excluding carboxylic acids is 1. The van der Waals surface area contributed by atoms with Gasteiger partial charge in [0.05, 0.1) is 12.8 Å². The SMILES string of the molecule is COc1ccc(C(=O)/C=C/c2ccccc2)cc1N. The third-order valence-corrected chi connectivity index (χ3v) is 2.74. The van der Waals surface area contributed by atoms with Crippen LogP contribution in [-0.4, -0.2) is 12.9 Å². The highest BCUT2D eigenvalue weighted by Gasteiger charge is 2.05. The van der Waals surface area contributed by atoms with E-state index in [1.54, 1.807) is 31.4 Å². The van der Waals surface area contributed by atoms with Gasteiger partial charge in [-0.25, -0.2) is 0 Å². The summed E-state index contributed by atoms with van der Waals surface area (Å²) in [5, 5.41) is 0. The Hall–Kier alpha value is -2.55. The van der Waals surface area contributed by atoms with Crippen LogP contribution in [0.4, 0.5) is 5.69 Å². The molecule has 0 spiro atoms. The molecule has 2 aromatic rings. The number of rotatable bonds is 4. The van der Waals surface area contributed by atoms with Crippen LogP contribution in [-0.2, 0) is 0 Å². The molecule has 19 heavy (non-hydrogen) atoms. The fourth-order valence-corrected chi connectivity index (χ4v) is 1.72. The molecule has 0 heterocycles. The molecule has 0 saturated carbocycles. The van der Waals surface area contributed by atoms with E-state index in [1.165, 1.54) is 6.08 Å². The Balaban J connectivity index is 2.16. The summed E-state index contributed by atoms with van der Waals surface area (Å²) in [4.78, 5) is 12.0. The number of allylic oxidation sites excluding steroid dienone is 1. The van der Waals surface area contributed by atoms with Gasteiger partial charge in [-0.1, -0.05) is 36.4 Å². The third-order valence-electron chi connectivity index (χ3n) is 2.74. The molecular formula is C16H15NO2. The molecule has 0 amide bonds. The molecule has 0 fully saturated rings. The van der Waals surface area contributed by atoms with Gasteiger partial charge in [0.25, 0.3) is 0 Å². The summed E-state index contributed by atoms with van der Waals surface area (Å²) in [5.41, 5.74) is 7.77. The number of nitrogen functional groups attached to an aromatic ring is 1. The van der Waals surface area contributed by atoms with Crippen molar-refractivity contribution in [3.05, 3.63) is 65.7 Å². The Morgan fingerprint density at radius 2 is 1.89 bits per heavy atom. The molecule has 0 unspecified atom stereocenters. The molecule has 0 radical (unpaired) electrons. The van der Waals surface area contributed by atoms with E-state index in [0.717, 1.165) is 5.56 Å². The molecule has 2 rings (SSSR count). The lowest BCUT2D eigenvalue weighted by molar-refractivity contribution is 0.104. The maximum atomic E-state index is 12.0. The van der Waals surface area contributed by atoms with Gasteiger partial charge in [-0.05, 0) is 29.8 Å². The van der Waals surface area contributed by atoms with E-state index in [4.69, 9.17) is 10.5 Å². The first-order valence-corrected chi connectivity index (χ1v) is 5.91. The Labute approximate surface area is 112 Å². The molecule has 0 aromatic heterocycles. The van der Waals surface area contributed by atoms with Crippen molar-refractivity contribution in [1.29, 1.82) is 0 Å². The minimum atomic E-state index is -0.0850. The minimum Gasteiger partial charge on any atom is -0.495 e. The largest absolute Gasteiger partial charge is 0.495 e. The molecule has 2 N–H and O–H groups in total. The second kappa shape index (κ2) is 5.87. The average Bonchev–Trinajstić information content (AvgIpc) is 2.45. The van der Waals surface area contributed by atoms with E-state index in [-0.39, 0.29) is 5.78 Å². The van der Waals surface area contributed by atoms with Crippen LogP contribution in [0, 0.1) is 0 Å². The maximum Gasteiger partial charge on any atom is 0.185 e. The highest BCUT2D eigenvalue weighted by Crippen LogP contribution is 2.22. The van der Waals surface area contributed by atoms with Gasteiger partial charge in [0.1, 0.15) is 5.75 Å². The van der Waals surface area contributed by atoms with E-state index >= 15 is 0 Å². The van der Waals surface area contributed by atoms with Crippen LogP contribution in [0.3, 0.4) is 0 Å². The second-order valence-corrected chi connectivity index (χ2v) is 4.06. The highest BCUT2D eigenvalue weighted by molar-refractivity contribution is 6.07. The van der Waals surface area contributed by atoms with Gasteiger partial charge >= 0.3 is 0 Å². The van der Waals surface area contributed by atoms with Gasteiger partial charge in [0, 0.05) is 5.56 Å². The summed E-state index contributed by atoms with van der Waals surface area (Å²) in [5.74, 6) is 0.488.